The minimum atomic E-state index is -0.805. The second-order valence-corrected chi connectivity index (χ2v) is 6.07. The molecule has 2 aromatic rings. The molecule has 2 aromatic heterocycles. The highest BCUT2D eigenvalue weighted by atomic mass is 32.1. The maximum Gasteiger partial charge on any atom is 0.266 e. The van der Waals surface area contributed by atoms with Crippen molar-refractivity contribution in [3.63, 3.8) is 0 Å². The highest BCUT2D eigenvalue weighted by Crippen LogP contribution is 2.33. The lowest BCUT2D eigenvalue weighted by Crippen LogP contribution is -2.33. The fourth-order valence-electron chi connectivity index (χ4n) is 2.29. The lowest BCUT2D eigenvalue weighted by Gasteiger charge is -2.18. The molecule has 0 aliphatic carbocycles. The number of anilines is 1. The number of aromatic nitrogens is 2. The molecule has 0 radical (unpaired) electrons. The van der Waals surface area contributed by atoms with Crippen LogP contribution in [0.4, 0.5) is 5.69 Å². The number of aliphatic hydroxyl groups is 1. The molecule has 3 heterocycles. The molecule has 0 bridgehead atoms. The molecule has 3 rings (SSSR count). The van der Waals surface area contributed by atoms with Gasteiger partial charge in [-0.05, 0) is 19.4 Å². The summed E-state index contributed by atoms with van der Waals surface area (Å²) in [5.74, 6) is -0.140. The molecule has 3 N–H and O–H groups in total. The zero-order valence-corrected chi connectivity index (χ0v) is 11.3. The van der Waals surface area contributed by atoms with Crippen molar-refractivity contribution in [1.82, 2.24) is 15.1 Å². The van der Waals surface area contributed by atoms with Gasteiger partial charge >= 0.3 is 0 Å². The van der Waals surface area contributed by atoms with Crippen LogP contribution < -0.4 is 5.73 Å². The van der Waals surface area contributed by atoms with Gasteiger partial charge in [0.15, 0.2) is 0 Å². The average Bonchev–Trinajstić information content (AvgIpc) is 2.90. The number of carbonyl (C=O) groups excluding carboxylic acids is 1. The third-order valence-corrected chi connectivity index (χ3v) is 4.45. The van der Waals surface area contributed by atoms with Gasteiger partial charge in [0, 0.05) is 18.5 Å². The standard InChI is InChI=1S/C12H14N4O2S/c1-12(18)3-5-16(6-12)11(17)9-8(13)7-2-4-14-15-10(7)19-9/h2,4,18H,3,5-6,13H2,1H3. The SMILES string of the molecule is CC1(O)CCN(C(=O)c2sc3nnccc3c2N)C1. The molecule has 6 nitrogen and oxygen atoms in total. The molecule has 1 fully saturated rings. The second-order valence-electron chi connectivity index (χ2n) is 5.07. The maximum absolute atomic E-state index is 12.4. The van der Waals surface area contributed by atoms with E-state index in [1.807, 2.05) is 0 Å². The fraction of sp³-hybridized carbons (Fsp3) is 0.417. The smallest absolute Gasteiger partial charge is 0.266 e. The van der Waals surface area contributed by atoms with E-state index in [9.17, 15) is 9.90 Å². The monoisotopic (exact) mass is 278 g/mol. The van der Waals surface area contributed by atoms with Crippen molar-refractivity contribution in [2.45, 2.75) is 18.9 Å². The van der Waals surface area contributed by atoms with Gasteiger partial charge in [-0.3, -0.25) is 4.79 Å². The summed E-state index contributed by atoms with van der Waals surface area (Å²) < 4.78 is 0. The molecule has 0 aromatic carbocycles. The van der Waals surface area contributed by atoms with Crippen LogP contribution in [0.15, 0.2) is 12.3 Å². The Labute approximate surface area is 113 Å². The lowest BCUT2D eigenvalue weighted by molar-refractivity contribution is 0.0575. The molecule has 1 saturated heterocycles. The minimum Gasteiger partial charge on any atom is -0.397 e. The third kappa shape index (κ3) is 2.04. The zero-order valence-electron chi connectivity index (χ0n) is 10.5. The minimum absolute atomic E-state index is 0.140. The summed E-state index contributed by atoms with van der Waals surface area (Å²) in [7, 11) is 0. The molecule has 1 aliphatic heterocycles. The van der Waals surface area contributed by atoms with E-state index in [1.54, 1.807) is 24.1 Å². The van der Waals surface area contributed by atoms with Crippen molar-refractivity contribution >= 4 is 33.1 Å². The van der Waals surface area contributed by atoms with Crippen LogP contribution in [-0.2, 0) is 0 Å². The average molecular weight is 278 g/mol. The van der Waals surface area contributed by atoms with E-state index >= 15 is 0 Å². The summed E-state index contributed by atoms with van der Waals surface area (Å²) >= 11 is 1.25. The Morgan fingerprint density at radius 2 is 2.42 bits per heavy atom. The summed E-state index contributed by atoms with van der Waals surface area (Å²) in [6.45, 7) is 2.62. The van der Waals surface area contributed by atoms with Crippen molar-refractivity contribution in [2.75, 3.05) is 18.8 Å². The number of likely N-dealkylation sites (tertiary alicyclic amines) is 1. The number of β-amino-alcohol motifs (C(OH)–C–C–N with tert-alkyl or cyclic N) is 1. The molecule has 0 spiro atoms. The largest absolute Gasteiger partial charge is 0.397 e. The maximum atomic E-state index is 12.4. The van der Waals surface area contributed by atoms with Crippen molar-refractivity contribution in [1.29, 1.82) is 0 Å². The number of amides is 1. The van der Waals surface area contributed by atoms with Gasteiger partial charge in [0.1, 0.15) is 9.71 Å². The Hall–Kier alpha value is -1.73. The van der Waals surface area contributed by atoms with E-state index in [1.165, 1.54) is 11.3 Å². The van der Waals surface area contributed by atoms with Gasteiger partial charge in [0.2, 0.25) is 0 Å². The van der Waals surface area contributed by atoms with Gasteiger partial charge in [-0.1, -0.05) is 0 Å². The Balaban J connectivity index is 1.96. The summed E-state index contributed by atoms with van der Waals surface area (Å²) in [6, 6.07) is 1.76. The number of fused-ring (bicyclic) bond motifs is 1. The summed E-state index contributed by atoms with van der Waals surface area (Å²) in [5, 5.41) is 18.4. The van der Waals surface area contributed by atoms with E-state index < -0.39 is 5.60 Å². The van der Waals surface area contributed by atoms with Gasteiger partial charge in [-0.25, -0.2) is 0 Å². The summed E-state index contributed by atoms with van der Waals surface area (Å²) in [6.07, 6.45) is 2.14. The number of hydrogen-bond acceptors (Lipinski definition) is 6. The second kappa shape index (κ2) is 4.14. The summed E-state index contributed by atoms with van der Waals surface area (Å²) in [5.41, 5.74) is 5.65. The van der Waals surface area contributed by atoms with E-state index in [4.69, 9.17) is 5.73 Å². The number of hydrogen-bond donors (Lipinski definition) is 2. The molecule has 7 heteroatoms. The highest BCUT2D eigenvalue weighted by molar-refractivity contribution is 7.21. The Morgan fingerprint density at radius 3 is 3.05 bits per heavy atom. The van der Waals surface area contributed by atoms with Crippen molar-refractivity contribution in [3.8, 4) is 0 Å². The Kier molecular flexibility index (Phi) is 2.68. The lowest BCUT2D eigenvalue weighted by atomic mass is 10.1. The molecule has 1 atom stereocenters. The highest BCUT2D eigenvalue weighted by Gasteiger charge is 2.35. The first kappa shape index (κ1) is 12.3. The Bertz CT molecular complexity index is 652. The number of nitrogens with two attached hydrogens (primary N) is 1. The first-order valence-corrected chi connectivity index (χ1v) is 6.81. The van der Waals surface area contributed by atoms with Crippen LogP contribution in [0.1, 0.15) is 23.0 Å². The van der Waals surface area contributed by atoms with Crippen LogP contribution in [0.2, 0.25) is 0 Å². The molecule has 1 unspecified atom stereocenters. The normalized spacial score (nSPS) is 23.2. The van der Waals surface area contributed by atoms with E-state index in [0.29, 0.717) is 34.9 Å². The van der Waals surface area contributed by atoms with Crippen LogP contribution in [-0.4, -0.2) is 44.8 Å². The van der Waals surface area contributed by atoms with Gasteiger partial charge in [-0.15, -0.1) is 16.4 Å². The number of nitrogens with zero attached hydrogens (tertiary/aromatic N) is 3. The van der Waals surface area contributed by atoms with Gasteiger partial charge < -0.3 is 15.7 Å². The number of thiophene rings is 1. The molecular formula is C12H14N4O2S. The van der Waals surface area contributed by atoms with Crippen LogP contribution in [0.25, 0.3) is 10.2 Å². The fourth-order valence-corrected chi connectivity index (χ4v) is 3.30. The molecule has 1 amide bonds. The van der Waals surface area contributed by atoms with Gasteiger partial charge in [0.25, 0.3) is 5.91 Å². The van der Waals surface area contributed by atoms with Crippen LogP contribution in [0.3, 0.4) is 0 Å². The topological polar surface area (TPSA) is 92.3 Å². The number of nitrogen functional groups attached to an aromatic ring is 1. The van der Waals surface area contributed by atoms with E-state index in [0.717, 1.165) is 5.39 Å². The van der Waals surface area contributed by atoms with Gasteiger partial charge in [-0.2, -0.15) is 5.10 Å². The van der Waals surface area contributed by atoms with E-state index in [-0.39, 0.29) is 5.91 Å². The van der Waals surface area contributed by atoms with Gasteiger partial charge in [0.05, 0.1) is 17.5 Å². The molecule has 19 heavy (non-hydrogen) atoms. The van der Waals surface area contributed by atoms with Crippen LogP contribution in [0, 0.1) is 0 Å². The Morgan fingerprint density at radius 1 is 1.63 bits per heavy atom. The predicted octanol–water partition coefficient (Wildman–Crippen LogP) is 0.870. The molecule has 0 saturated carbocycles. The first-order chi connectivity index (χ1) is 8.98. The molecular weight excluding hydrogens is 264 g/mol. The van der Waals surface area contributed by atoms with Crippen LogP contribution in [0.5, 0.6) is 0 Å². The number of rotatable bonds is 1. The van der Waals surface area contributed by atoms with Crippen molar-refractivity contribution < 1.29 is 9.90 Å². The zero-order chi connectivity index (χ0) is 13.6. The first-order valence-electron chi connectivity index (χ1n) is 5.99. The summed E-state index contributed by atoms with van der Waals surface area (Å²) in [4.78, 5) is 15.2. The molecule has 100 valence electrons. The van der Waals surface area contributed by atoms with Crippen molar-refractivity contribution in [2.24, 2.45) is 0 Å². The van der Waals surface area contributed by atoms with E-state index in [2.05, 4.69) is 10.2 Å². The van der Waals surface area contributed by atoms with Crippen LogP contribution >= 0.6 is 11.3 Å². The van der Waals surface area contributed by atoms with Crippen molar-refractivity contribution in [3.05, 3.63) is 17.1 Å². The predicted molar refractivity (Wildman–Crippen MR) is 73.0 cm³/mol. The third-order valence-electron chi connectivity index (χ3n) is 3.35. The quantitative estimate of drug-likeness (QED) is 0.807. The molecule has 1 aliphatic rings. The number of carbonyl (C=O) groups is 1.